The van der Waals surface area contributed by atoms with Gasteiger partial charge in [-0.25, -0.2) is 0 Å². The molecule has 0 unspecified atom stereocenters. The second-order valence-corrected chi connectivity index (χ2v) is 4.99. The fraction of sp³-hybridized carbons (Fsp3) is 0.0909. The smallest absolute Gasteiger partial charge is 0.0351 e. The van der Waals surface area contributed by atoms with Gasteiger partial charge < -0.3 is 0 Å². The van der Waals surface area contributed by atoms with E-state index in [1.807, 2.05) is 6.07 Å². The lowest BCUT2D eigenvalue weighted by molar-refractivity contribution is 1.62. The van der Waals surface area contributed by atoms with Crippen molar-refractivity contribution >= 4 is 27.3 Å². The van der Waals surface area contributed by atoms with Crippen LogP contribution in [0, 0.1) is 13.0 Å². The van der Waals surface area contributed by atoms with Gasteiger partial charge >= 0.3 is 0 Å². The molecule has 0 saturated heterocycles. The Morgan fingerprint density at radius 1 is 1.23 bits per heavy atom. The third kappa shape index (κ3) is 2.01. The lowest BCUT2D eigenvalue weighted by atomic mass is 10.2. The van der Waals surface area contributed by atoms with Crippen molar-refractivity contribution in [3.8, 4) is 10.4 Å². The molecule has 0 fully saturated rings. The van der Waals surface area contributed by atoms with Crippen molar-refractivity contribution in [1.82, 2.24) is 0 Å². The quantitative estimate of drug-likeness (QED) is 0.710. The van der Waals surface area contributed by atoms with Crippen LogP contribution in [0.25, 0.3) is 10.4 Å². The number of thiophene rings is 1. The Balaban J connectivity index is 2.41. The average Bonchev–Trinajstić information content (AvgIpc) is 2.53. The van der Waals surface area contributed by atoms with Crippen molar-refractivity contribution in [2.45, 2.75) is 6.92 Å². The van der Waals surface area contributed by atoms with E-state index in [1.165, 1.54) is 15.3 Å². The molecule has 0 amide bonds. The van der Waals surface area contributed by atoms with Gasteiger partial charge in [0.1, 0.15) is 0 Å². The van der Waals surface area contributed by atoms with Crippen LogP contribution in [0.3, 0.4) is 0 Å². The van der Waals surface area contributed by atoms with Gasteiger partial charge in [0.2, 0.25) is 0 Å². The number of rotatable bonds is 1. The van der Waals surface area contributed by atoms with Crippen LogP contribution in [-0.4, -0.2) is 0 Å². The molecule has 0 saturated carbocycles. The van der Waals surface area contributed by atoms with Gasteiger partial charge in [-0.2, -0.15) is 0 Å². The van der Waals surface area contributed by atoms with Gasteiger partial charge in [0.15, 0.2) is 0 Å². The van der Waals surface area contributed by atoms with Crippen LogP contribution in [0.4, 0.5) is 0 Å². The van der Waals surface area contributed by atoms with Crippen LogP contribution in [0.2, 0.25) is 0 Å². The second kappa shape index (κ2) is 3.64. The summed E-state index contributed by atoms with van der Waals surface area (Å²) in [6, 6.07) is 13.6. The van der Waals surface area contributed by atoms with Crippen LogP contribution in [0.15, 0.2) is 34.8 Å². The van der Waals surface area contributed by atoms with Crippen molar-refractivity contribution in [1.29, 1.82) is 0 Å². The van der Waals surface area contributed by atoms with Gasteiger partial charge in [0.25, 0.3) is 0 Å². The molecule has 2 rings (SSSR count). The van der Waals surface area contributed by atoms with E-state index in [-0.39, 0.29) is 0 Å². The summed E-state index contributed by atoms with van der Waals surface area (Å²) in [4.78, 5) is 2.52. The van der Waals surface area contributed by atoms with Crippen LogP contribution in [0.5, 0.6) is 0 Å². The summed E-state index contributed by atoms with van der Waals surface area (Å²) < 4.78 is 1.12. The van der Waals surface area contributed by atoms with E-state index in [4.69, 9.17) is 0 Å². The largest absolute Gasteiger partial charge is 0.140 e. The first-order chi connectivity index (χ1) is 6.25. The van der Waals surface area contributed by atoms with Gasteiger partial charge in [0, 0.05) is 14.2 Å². The van der Waals surface area contributed by atoms with E-state index in [0.717, 1.165) is 4.47 Å². The molecule has 0 aliphatic heterocycles. The zero-order chi connectivity index (χ0) is 9.26. The number of benzene rings is 1. The maximum atomic E-state index is 3.42. The zero-order valence-electron chi connectivity index (χ0n) is 7.17. The van der Waals surface area contributed by atoms with E-state index in [9.17, 15) is 0 Å². The van der Waals surface area contributed by atoms with Crippen molar-refractivity contribution in [2.75, 3.05) is 0 Å². The molecule has 0 N–H and O–H groups in total. The maximum Gasteiger partial charge on any atom is 0.0351 e. The van der Waals surface area contributed by atoms with Crippen molar-refractivity contribution in [3.05, 3.63) is 45.7 Å². The molecule has 0 aliphatic rings. The van der Waals surface area contributed by atoms with E-state index >= 15 is 0 Å². The first kappa shape index (κ1) is 8.97. The fourth-order valence-corrected chi connectivity index (χ4v) is 2.23. The average molecular weight is 252 g/mol. The standard InChI is InChI=1S/C11H8BrS/c1-8-2-7-11(13-8)9-3-5-10(12)6-4-9/h3-7H,1H3. The molecule has 2 aromatic rings. The van der Waals surface area contributed by atoms with Gasteiger partial charge in [0.05, 0.1) is 0 Å². The van der Waals surface area contributed by atoms with Crippen LogP contribution in [0.1, 0.15) is 4.88 Å². The Bertz CT molecular complexity index is 400. The summed E-state index contributed by atoms with van der Waals surface area (Å²) in [6.45, 7) is 2.08. The molecule has 1 radical (unpaired) electrons. The lowest BCUT2D eigenvalue weighted by Gasteiger charge is -1.96. The topological polar surface area (TPSA) is 0 Å². The molecule has 0 bridgehead atoms. The minimum atomic E-state index is 1.12. The molecule has 13 heavy (non-hydrogen) atoms. The summed E-state index contributed by atoms with van der Waals surface area (Å²) >= 11 is 5.19. The third-order valence-corrected chi connectivity index (χ3v) is 3.32. The highest BCUT2D eigenvalue weighted by Crippen LogP contribution is 2.27. The second-order valence-electron chi connectivity index (χ2n) is 2.82. The van der Waals surface area contributed by atoms with Crippen LogP contribution < -0.4 is 0 Å². The van der Waals surface area contributed by atoms with Gasteiger partial charge in [-0.1, -0.05) is 28.1 Å². The molecule has 1 aromatic heterocycles. The maximum absolute atomic E-state index is 3.42. The van der Waals surface area contributed by atoms with Gasteiger partial charge in [-0.15, -0.1) is 11.3 Å². The van der Waals surface area contributed by atoms with Gasteiger partial charge in [-0.3, -0.25) is 0 Å². The van der Waals surface area contributed by atoms with E-state index < -0.39 is 0 Å². The molecule has 0 nitrogen and oxygen atoms in total. The van der Waals surface area contributed by atoms with Gasteiger partial charge in [-0.05, 0) is 36.8 Å². The first-order valence-electron chi connectivity index (χ1n) is 4.00. The Kier molecular flexibility index (Phi) is 2.51. The molecule has 0 atom stereocenters. The molecule has 0 spiro atoms. The minimum absolute atomic E-state index is 1.12. The Morgan fingerprint density at radius 3 is 2.46 bits per heavy atom. The van der Waals surface area contributed by atoms with E-state index in [1.54, 1.807) is 11.3 Å². The highest BCUT2D eigenvalue weighted by atomic mass is 79.9. The Hall–Kier alpha value is -0.600. The first-order valence-corrected chi connectivity index (χ1v) is 5.61. The van der Waals surface area contributed by atoms with Crippen LogP contribution in [-0.2, 0) is 0 Å². The molecule has 65 valence electrons. The molecule has 0 aliphatic carbocycles. The summed E-state index contributed by atoms with van der Waals surface area (Å²) in [7, 11) is 0. The monoisotopic (exact) mass is 251 g/mol. The summed E-state index contributed by atoms with van der Waals surface area (Å²) in [5.74, 6) is 0. The Labute approximate surface area is 90.4 Å². The fourth-order valence-electron chi connectivity index (χ4n) is 1.15. The summed E-state index contributed by atoms with van der Waals surface area (Å²) in [6.07, 6.45) is 0. The SMILES string of the molecule is Cc1[c]cc(-c2ccc(Br)cc2)s1. The predicted molar refractivity (Wildman–Crippen MR) is 61.0 cm³/mol. The van der Waals surface area contributed by atoms with Crippen LogP contribution >= 0.6 is 27.3 Å². The predicted octanol–water partition coefficient (Wildman–Crippen LogP) is 4.29. The van der Waals surface area contributed by atoms with E-state index in [0.29, 0.717) is 0 Å². The highest BCUT2D eigenvalue weighted by molar-refractivity contribution is 9.10. The highest BCUT2D eigenvalue weighted by Gasteiger charge is 1.99. The molecular formula is C11H8BrS. The van der Waals surface area contributed by atoms with Crippen molar-refractivity contribution < 1.29 is 0 Å². The third-order valence-electron chi connectivity index (χ3n) is 1.80. The lowest BCUT2D eigenvalue weighted by Crippen LogP contribution is -1.69. The molecule has 1 heterocycles. The number of hydrogen-bond donors (Lipinski definition) is 0. The Morgan fingerprint density at radius 2 is 1.92 bits per heavy atom. The van der Waals surface area contributed by atoms with Crippen molar-refractivity contribution in [3.63, 3.8) is 0 Å². The number of aryl methyl sites for hydroxylation is 1. The molecule has 2 heteroatoms. The minimum Gasteiger partial charge on any atom is -0.140 e. The number of hydrogen-bond acceptors (Lipinski definition) is 1. The molecule has 1 aromatic carbocycles. The number of halogens is 1. The summed E-state index contributed by atoms with van der Waals surface area (Å²) in [5.41, 5.74) is 1.26. The molecular weight excluding hydrogens is 244 g/mol. The van der Waals surface area contributed by atoms with Crippen molar-refractivity contribution in [2.24, 2.45) is 0 Å². The summed E-state index contributed by atoms with van der Waals surface area (Å²) in [5, 5.41) is 0. The normalized spacial score (nSPS) is 10.3. The zero-order valence-corrected chi connectivity index (χ0v) is 9.58. The van der Waals surface area contributed by atoms with E-state index in [2.05, 4.69) is 53.2 Å².